The van der Waals surface area contributed by atoms with Gasteiger partial charge in [-0.3, -0.25) is 4.79 Å². The summed E-state index contributed by atoms with van der Waals surface area (Å²) in [6.45, 7) is 2.72. The molecule has 0 aliphatic carbocycles. The average molecular weight is 348 g/mol. The fraction of sp³-hybridized carbons (Fsp3) is 0.412. The molecule has 0 spiro atoms. The second kappa shape index (κ2) is 6.02. The van der Waals surface area contributed by atoms with Gasteiger partial charge >= 0.3 is 6.03 Å². The maximum absolute atomic E-state index is 12.7. The number of hydrogen-bond donors (Lipinski definition) is 1. The van der Waals surface area contributed by atoms with Crippen LogP contribution in [0.3, 0.4) is 0 Å². The summed E-state index contributed by atoms with van der Waals surface area (Å²) in [6, 6.07) is 7.26. The standard InChI is InChI=1S/C17H18ClN3O3/c18-12-1-2-14-11(9-12)10-15(24-14)16(22)20-6-3-13(4-7-20)21-8-5-19-17(21)23/h1-2,9-10,13H,3-8H2,(H,19,23). The van der Waals surface area contributed by atoms with Gasteiger partial charge in [-0.05, 0) is 37.1 Å². The number of amides is 3. The first kappa shape index (κ1) is 15.3. The van der Waals surface area contributed by atoms with Crippen LogP contribution in [0.4, 0.5) is 4.79 Å². The summed E-state index contributed by atoms with van der Waals surface area (Å²) in [4.78, 5) is 28.1. The Morgan fingerprint density at radius 2 is 2.00 bits per heavy atom. The predicted octanol–water partition coefficient (Wildman–Crippen LogP) is 2.72. The summed E-state index contributed by atoms with van der Waals surface area (Å²) in [5, 5.41) is 4.27. The van der Waals surface area contributed by atoms with Crippen molar-refractivity contribution in [3.63, 3.8) is 0 Å². The first-order valence-electron chi connectivity index (χ1n) is 8.15. The first-order valence-corrected chi connectivity index (χ1v) is 8.52. The maximum Gasteiger partial charge on any atom is 0.317 e. The number of nitrogens with zero attached hydrogens (tertiary/aromatic N) is 2. The van der Waals surface area contributed by atoms with Crippen LogP contribution in [0.25, 0.3) is 11.0 Å². The smallest absolute Gasteiger partial charge is 0.317 e. The second-order valence-corrected chi connectivity index (χ2v) is 6.68. The number of likely N-dealkylation sites (tertiary alicyclic amines) is 1. The highest BCUT2D eigenvalue weighted by atomic mass is 35.5. The molecule has 0 saturated carbocycles. The van der Waals surface area contributed by atoms with Crippen molar-refractivity contribution < 1.29 is 14.0 Å². The highest BCUT2D eigenvalue weighted by molar-refractivity contribution is 6.31. The molecule has 1 aromatic carbocycles. The Hall–Kier alpha value is -2.21. The van der Waals surface area contributed by atoms with Crippen molar-refractivity contribution in [1.82, 2.24) is 15.1 Å². The van der Waals surface area contributed by atoms with E-state index >= 15 is 0 Å². The van der Waals surface area contributed by atoms with Crippen LogP contribution in [-0.2, 0) is 0 Å². The molecule has 2 aromatic rings. The molecule has 2 saturated heterocycles. The quantitative estimate of drug-likeness (QED) is 0.908. The molecule has 2 aliphatic heterocycles. The number of nitrogens with one attached hydrogen (secondary N) is 1. The van der Waals surface area contributed by atoms with Crippen molar-refractivity contribution in [2.24, 2.45) is 0 Å². The van der Waals surface area contributed by atoms with Crippen molar-refractivity contribution in [2.75, 3.05) is 26.2 Å². The lowest BCUT2D eigenvalue weighted by Crippen LogP contribution is -2.47. The molecule has 6 nitrogen and oxygen atoms in total. The van der Waals surface area contributed by atoms with E-state index in [9.17, 15) is 9.59 Å². The predicted molar refractivity (Wildman–Crippen MR) is 90.3 cm³/mol. The minimum atomic E-state index is -0.105. The van der Waals surface area contributed by atoms with Gasteiger partial charge in [0, 0.05) is 42.6 Å². The molecule has 3 heterocycles. The van der Waals surface area contributed by atoms with Crippen molar-refractivity contribution >= 4 is 34.5 Å². The fourth-order valence-corrected chi connectivity index (χ4v) is 3.67. The highest BCUT2D eigenvalue weighted by Crippen LogP contribution is 2.25. The topological polar surface area (TPSA) is 65.8 Å². The normalized spacial score (nSPS) is 19.1. The number of urea groups is 1. The first-order chi connectivity index (χ1) is 11.6. The molecule has 4 rings (SSSR count). The van der Waals surface area contributed by atoms with Crippen LogP contribution in [0.2, 0.25) is 5.02 Å². The Labute approximate surface area is 144 Å². The summed E-state index contributed by atoms with van der Waals surface area (Å²) in [5.74, 6) is 0.233. The van der Waals surface area contributed by atoms with Crippen LogP contribution >= 0.6 is 11.6 Å². The number of hydrogen-bond acceptors (Lipinski definition) is 3. The summed E-state index contributed by atoms with van der Waals surface area (Å²) >= 11 is 5.97. The summed E-state index contributed by atoms with van der Waals surface area (Å²) < 4.78 is 5.66. The van der Waals surface area contributed by atoms with Crippen LogP contribution in [0, 0.1) is 0 Å². The van der Waals surface area contributed by atoms with Gasteiger partial charge < -0.3 is 19.5 Å². The number of furan rings is 1. The van der Waals surface area contributed by atoms with E-state index in [1.165, 1.54) is 0 Å². The Morgan fingerprint density at radius 3 is 2.71 bits per heavy atom. The van der Waals surface area contributed by atoms with E-state index in [1.54, 1.807) is 29.2 Å². The molecule has 24 heavy (non-hydrogen) atoms. The molecule has 1 N–H and O–H groups in total. The zero-order valence-corrected chi connectivity index (χ0v) is 13.9. The van der Waals surface area contributed by atoms with E-state index in [0.29, 0.717) is 36.0 Å². The van der Waals surface area contributed by atoms with Gasteiger partial charge in [-0.2, -0.15) is 0 Å². The third-order valence-electron chi connectivity index (χ3n) is 4.77. The average Bonchev–Trinajstić information content (AvgIpc) is 3.20. The second-order valence-electron chi connectivity index (χ2n) is 6.24. The molecule has 0 unspecified atom stereocenters. The van der Waals surface area contributed by atoms with Gasteiger partial charge in [0.1, 0.15) is 5.58 Å². The third-order valence-corrected chi connectivity index (χ3v) is 5.01. The Kier molecular flexibility index (Phi) is 3.84. The van der Waals surface area contributed by atoms with Gasteiger partial charge in [0.05, 0.1) is 0 Å². The monoisotopic (exact) mass is 347 g/mol. The number of carbonyl (C=O) groups excluding carboxylic acids is 2. The highest BCUT2D eigenvalue weighted by Gasteiger charge is 2.32. The zero-order valence-electron chi connectivity index (χ0n) is 13.1. The van der Waals surface area contributed by atoms with Gasteiger partial charge in [0.15, 0.2) is 5.76 Å². The van der Waals surface area contributed by atoms with E-state index in [1.807, 2.05) is 4.90 Å². The van der Waals surface area contributed by atoms with E-state index in [2.05, 4.69) is 5.32 Å². The van der Waals surface area contributed by atoms with Crippen LogP contribution in [0.5, 0.6) is 0 Å². The van der Waals surface area contributed by atoms with Gasteiger partial charge in [-0.15, -0.1) is 0 Å². The van der Waals surface area contributed by atoms with E-state index in [4.69, 9.17) is 16.0 Å². The lowest BCUT2D eigenvalue weighted by atomic mass is 10.0. The van der Waals surface area contributed by atoms with Crippen LogP contribution in [0.1, 0.15) is 23.4 Å². The summed E-state index contributed by atoms with van der Waals surface area (Å²) in [5.41, 5.74) is 0.659. The molecule has 2 aliphatic rings. The zero-order chi connectivity index (χ0) is 16.7. The number of halogens is 1. The Bertz CT molecular complexity index is 795. The molecule has 0 bridgehead atoms. The van der Waals surface area contributed by atoms with Crippen LogP contribution in [0.15, 0.2) is 28.7 Å². The minimum Gasteiger partial charge on any atom is -0.451 e. The summed E-state index contributed by atoms with van der Waals surface area (Å²) in [6.07, 6.45) is 1.59. The van der Waals surface area contributed by atoms with Gasteiger partial charge in [-0.25, -0.2) is 4.79 Å². The molecule has 3 amide bonds. The van der Waals surface area contributed by atoms with Gasteiger partial charge in [0.2, 0.25) is 0 Å². The molecular formula is C17H18ClN3O3. The number of piperidine rings is 1. The molecule has 0 atom stereocenters. The summed E-state index contributed by atoms with van der Waals surface area (Å²) in [7, 11) is 0. The number of rotatable bonds is 2. The number of carbonyl (C=O) groups is 2. The molecule has 2 fully saturated rings. The largest absolute Gasteiger partial charge is 0.451 e. The van der Waals surface area contributed by atoms with E-state index in [-0.39, 0.29) is 18.0 Å². The van der Waals surface area contributed by atoms with E-state index in [0.717, 1.165) is 24.8 Å². The molecule has 7 heteroatoms. The Morgan fingerprint density at radius 1 is 1.21 bits per heavy atom. The fourth-order valence-electron chi connectivity index (χ4n) is 3.49. The molecule has 1 aromatic heterocycles. The van der Waals surface area contributed by atoms with Gasteiger partial charge in [0.25, 0.3) is 5.91 Å². The SMILES string of the molecule is O=C(c1cc2cc(Cl)ccc2o1)N1CCC(N2CCNC2=O)CC1. The minimum absolute atomic E-state index is 0.00828. The van der Waals surface area contributed by atoms with Crippen LogP contribution in [-0.4, -0.2) is 54.0 Å². The molecule has 0 radical (unpaired) electrons. The van der Waals surface area contributed by atoms with Crippen LogP contribution < -0.4 is 5.32 Å². The van der Waals surface area contributed by atoms with Crippen molar-refractivity contribution in [1.29, 1.82) is 0 Å². The van der Waals surface area contributed by atoms with Crippen molar-refractivity contribution in [3.05, 3.63) is 35.0 Å². The maximum atomic E-state index is 12.7. The number of benzene rings is 1. The van der Waals surface area contributed by atoms with Crippen molar-refractivity contribution in [2.45, 2.75) is 18.9 Å². The number of fused-ring (bicyclic) bond motifs is 1. The lowest BCUT2D eigenvalue weighted by Gasteiger charge is -2.35. The lowest BCUT2D eigenvalue weighted by molar-refractivity contribution is 0.0637. The van der Waals surface area contributed by atoms with Gasteiger partial charge in [-0.1, -0.05) is 11.6 Å². The van der Waals surface area contributed by atoms with Crippen molar-refractivity contribution in [3.8, 4) is 0 Å². The Balaban J connectivity index is 1.44. The van der Waals surface area contributed by atoms with E-state index < -0.39 is 0 Å². The third kappa shape index (κ3) is 2.71. The molecular weight excluding hydrogens is 330 g/mol. The molecule has 126 valence electrons.